The zero-order chi connectivity index (χ0) is 16.4. The van der Waals surface area contributed by atoms with Crippen molar-refractivity contribution in [2.45, 2.75) is 33.3 Å². The van der Waals surface area contributed by atoms with E-state index in [2.05, 4.69) is 10.5 Å². The second-order valence-electron chi connectivity index (χ2n) is 5.79. The topological polar surface area (TPSA) is 50.3 Å². The smallest absolute Gasteiger partial charge is 0.137 e. The summed E-state index contributed by atoms with van der Waals surface area (Å²) in [5.41, 5.74) is 4.73. The lowest BCUT2D eigenvalue weighted by Gasteiger charge is -2.10. The Kier molecular flexibility index (Phi) is 4.03. The first-order valence-electron chi connectivity index (χ1n) is 7.71. The summed E-state index contributed by atoms with van der Waals surface area (Å²) in [6.45, 7) is 6.03. The molecule has 0 fully saturated rings. The molecule has 0 spiro atoms. The minimum absolute atomic E-state index is 0.146. The van der Waals surface area contributed by atoms with E-state index in [1.807, 2.05) is 63.2 Å². The quantitative estimate of drug-likeness (QED) is 0.727. The molecule has 0 unspecified atom stereocenters. The van der Waals surface area contributed by atoms with Crippen LogP contribution in [0.5, 0.6) is 5.75 Å². The van der Waals surface area contributed by atoms with E-state index in [4.69, 9.17) is 9.72 Å². The fourth-order valence-electron chi connectivity index (χ4n) is 2.76. The van der Waals surface area contributed by atoms with E-state index in [1.165, 1.54) is 0 Å². The molecule has 0 saturated heterocycles. The summed E-state index contributed by atoms with van der Waals surface area (Å²) in [7, 11) is 0. The monoisotopic (exact) mass is 305 g/mol. The Balaban J connectivity index is 2.10. The van der Waals surface area contributed by atoms with E-state index in [9.17, 15) is 5.26 Å². The molecule has 0 aliphatic carbocycles. The maximum Gasteiger partial charge on any atom is 0.137 e. The van der Waals surface area contributed by atoms with Crippen molar-refractivity contribution in [3.05, 3.63) is 53.9 Å². The average Bonchev–Trinajstić information content (AvgIpc) is 2.88. The van der Waals surface area contributed by atoms with E-state index in [0.717, 1.165) is 34.0 Å². The Morgan fingerprint density at radius 3 is 2.57 bits per heavy atom. The number of nitriles is 1. The van der Waals surface area contributed by atoms with Gasteiger partial charge < -0.3 is 4.74 Å². The van der Waals surface area contributed by atoms with Crippen molar-refractivity contribution >= 4 is 5.65 Å². The van der Waals surface area contributed by atoms with Crippen LogP contribution in [0.2, 0.25) is 0 Å². The van der Waals surface area contributed by atoms with Gasteiger partial charge in [-0.25, -0.2) is 4.98 Å². The molecular formula is C19H19N3O. The molecule has 0 atom stereocenters. The molecular weight excluding hydrogens is 286 g/mol. The van der Waals surface area contributed by atoms with Gasteiger partial charge in [-0.05, 0) is 57.2 Å². The summed E-state index contributed by atoms with van der Waals surface area (Å²) in [6.07, 6.45) is 0.471. The highest BCUT2D eigenvalue weighted by molar-refractivity contribution is 5.68. The Morgan fingerprint density at radius 2 is 1.91 bits per heavy atom. The summed E-state index contributed by atoms with van der Waals surface area (Å²) in [5, 5.41) is 9.19. The van der Waals surface area contributed by atoms with Crippen molar-refractivity contribution in [1.82, 2.24) is 9.38 Å². The number of aryl methyl sites for hydroxylation is 1. The first-order valence-corrected chi connectivity index (χ1v) is 7.71. The zero-order valence-electron chi connectivity index (χ0n) is 13.6. The van der Waals surface area contributed by atoms with E-state index >= 15 is 0 Å². The van der Waals surface area contributed by atoms with Gasteiger partial charge in [0.25, 0.3) is 0 Å². The molecule has 2 heterocycles. The average molecular weight is 305 g/mol. The predicted molar refractivity (Wildman–Crippen MR) is 90.4 cm³/mol. The first kappa shape index (κ1) is 15.1. The lowest BCUT2D eigenvalue weighted by atomic mass is 10.1. The third kappa shape index (κ3) is 2.91. The number of hydrogen-bond donors (Lipinski definition) is 0. The van der Waals surface area contributed by atoms with Crippen LogP contribution in [0.3, 0.4) is 0 Å². The largest absolute Gasteiger partial charge is 0.491 e. The third-order valence-electron chi connectivity index (χ3n) is 3.68. The maximum absolute atomic E-state index is 9.19. The minimum atomic E-state index is 0.146. The van der Waals surface area contributed by atoms with Gasteiger partial charge in [0.05, 0.1) is 30.0 Å². The van der Waals surface area contributed by atoms with Crippen LogP contribution in [0, 0.1) is 18.3 Å². The van der Waals surface area contributed by atoms with Gasteiger partial charge in [-0.15, -0.1) is 0 Å². The summed E-state index contributed by atoms with van der Waals surface area (Å²) in [5.74, 6) is 0.838. The molecule has 0 N–H and O–H groups in total. The fraction of sp³-hybridized carbons (Fsp3) is 0.263. The van der Waals surface area contributed by atoms with Crippen molar-refractivity contribution in [2.24, 2.45) is 0 Å². The van der Waals surface area contributed by atoms with Crippen molar-refractivity contribution in [3.8, 4) is 23.1 Å². The van der Waals surface area contributed by atoms with Crippen LogP contribution in [0.25, 0.3) is 16.9 Å². The van der Waals surface area contributed by atoms with Crippen molar-refractivity contribution in [2.75, 3.05) is 0 Å². The molecule has 116 valence electrons. The Labute approximate surface area is 136 Å². The predicted octanol–water partition coefficient (Wildman–Crippen LogP) is 4.16. The van der Waals surface area contributed by atoms with Gasteiger partial charge in [-0.2, -0.15) is 5.26 Å². The SMILES string of the molecule is Cc1cccc2nc(-c3ccc(OC(C)C)cc3)c(CC#N)n12. The number of ether oxygens (including phenoxy) is 1. The van der Waals surface area contributed by atoms with Gasteiger partial charge in [0.15, 0.2) is 0 Å². The number of benzene rings is 1. The molecule has 0 aliphatic rings. The highest BCUT2D eigenvalue weighted by Gasteiger charge is 2.15. The Morgan fingerprint density at radius 1 is 1.17 bits per heavy atom. The molecule has 2 aromatic heterocycles. The molecule has 0 amide bonds. The molecule has 3 aromatic rings. The van der Waals surface area contributed by atoms with Crippen LogP contribution in [0.1, 0.15) is 25.2 Å². The summed E-state index contributed by atoms with van der Waals surface area (Å²) in [4.78, 5) is 4.72. The van der Waals surface area contributed by atoms with Crippen molar-refractivity contribution < 1.29 is 4.74 Å². The summed E-state index contributed by atoms with van der Waals surface area (Å²) < 4.78 is 7.74. The molecule has 3 rings (SSSR count). The van der Waals surface area contributed by atoms with Crippen LogP contribution >= 0.6 is 0 Å². The lowest BCUT2D eigenvalue weighted by molar-refractivity contribution is 0.242. The number of imidazole rings is 1. The number of hydrogen-bond acceptors (Lipinski definition) is 3. The number of nitrogens with zero attached hydrogens (tertiary/aromatic N) is 3. The molecule has 0 bridgehead atoms. The lowest BCUT2D eigenvalue weighted by Crippen LogP contribution is -2.05. The molecule has 0 aliphatic heterocycles. The van der Waals surface area contributed by atoms with E-state index < -0.39 is 0 Å². The molecule has 1 aromatic carbocycles. The van der Waals surface area contributed by atoms with Crippen molar-refractivity contribution in [3.63, 3.8) is 0 Å². The van der Waals surface area contributed by atoms with Crippen LogP contribution in [0.15, 0.2) is 42.5 Å². The molecule has 4 heteroatoms. The van der Waals surface area contributed by atoms with E-state index in [1.54, 1.807) is 0 Å². The number of pyridine rings is 1. The maximum atomic E-state index is 9.19. The third-order valence-corrected chi connectivity index (χ3v) is 3.68. The Hall–Kier alpha value is -2.80. The van der Waals surface area contributed by atoms with Gasteiger partial charge in [0, 0.05) is 11.3 Å². The van der Waals surface area contributed by atoms with Crippen LogP contribution in [-0.4, -0.2) is 15.5 Å². The minimum Gasteiger partial charge on any atom is -0.491 e. The second-order valence-corrected chi connectivity index (χ2v) is 5.79. The van der Waals surface area contributed by atoms with Gasteiger partial charge in [0.1, 0.15) is 11.4 Å². The molecule has 0 saturated carbocycles. The zero-order valence-corrected chi connectivity index (χ0v) is 13.6. The number of rotatable bonds is 4. The Bertz CT molecular complexity index is 870. The van der Waals surface area contributed by atoms with E-state index in [0.29, 0.717) is 6.42 Å². The van der Waals surface area contributed by atoms with Gasteiger partial charge in [0.2, 0.25) is 0 Å². The van der Waals surface area contributed by atoms with Gasteiger partial charge >= 0.3 is 0 Å². The number of aromatic nitrogens is 2. The van der Waals surface area contributed by atoms with Crippen molar-refractivity contribution in [1.29, 1.82) is 5.26 Å². The molecule has 4 nitrogen and oxygen atoms in total. The highest BCUT2D eigenvalue weighted by atomic mass is 16.5. The van der Waals surface area contributed by atoms with E-state index in [-0.39, 0.29) is 6.10 Å². The molecule has 23 heavy (non-hydrogen) atoms. The standard InChI is InChI=1S/C19H19N3O/c1-13(2)23-16-9-7-15(8-10-16)19-17(11-12-20)22-14(3)5-4-6-18(22)21-19/h4-10,13H,11H2,1-3H3. The van der Waals surface area contributed by atoms with Crippen LogP contribution in [0.4, 0.5) is 0 Å². The summed E-state index contributed by atoms with van der Waals surface area (Å²) >= 11 is 0. The summed E-state index contributed by atoms with van der Waals surface area (Å²) in [6, 6.07) is 16.1. The van der Waals surface area contributed by atoms with Gasteiger partial charge in [-0.3, -0.25) is 4.40 Å². The fourth-order valence-corrected chi connectivity index (χ4v) is 2.76. The number of fused-ring (bicyclic) bond motifs is 1. The highest BCUT2D eigenvalue weighted by Crippen LogP contribution is 2.27. The van der Waals surface area contributed by atoms with Crippen LogP contribution in [-0.2, 0) is 6.42 Å². The van der Waals surface area contributed by atoms with Crippen LogP contribution < -0.4 is 4.74 Å². The second kappa shape index (κ2) is 6.13. The molecule has 0 radical (unpaired) electrons. The van der Waals surface area contributed by atoms with Gasteiger partial charge in [-0.1, -0.05) is 6.07 Å². The normalized spacial score (nSPS) is 10.9. The first-order chi connectivity index (χ1) is 11.1.